The third-order valence-electron chi connectivity index (χ3n) is 4.82. The Balaban J connectivity index is 1.60. The number of carbonyl (C=O) groups is 1. The summed E-state index contributed by atoms with van der Waals surface area (Å²) in [5, 5.41) is 14.0. The number of allylic oxidation sites excluding steroid dienone is 5. The average Bonchev–Trinajstić information content (AvgIpc) is 2.88. The molecule has 6 nitrogen and oxygen atoms in total. The van der Waals surface area contributed by atoms with Crippen LogP contribution in [0.5, 0.6) is 0 Å². The van der Waals surface area contributed by atoms with E-state index in [2.05, 4.69) is 10.3 Å². The van der Waals surface area contributed by atoms with E-state index in [-0.39, 0.29) is 25.5 Å². The fourth-order valence-corrected chi connectivity index (χ4v) is 3.65. The molecule has 0 radical (unpaired) electrons. The molecular formula is C23H25Cl2N3O3. The van der Waals surface area contributed by atoms with Crippen molar-refractivity contribution in [2.75, 3.05) is 37.0 Å². The predicted molar refractivity (Wildman–Crippen MR) is 127 cm³/mol. The van der Waals surface area contributed by atoms with Gasteiger partial charge in [0.15, 0.2) is 0 Å². The number of fused-ring (bicyclic) bond motifs is 1. The van der Waals surface area contributed by atoms with E-state index in [0.29, 0.717) is 34.5 Å². The smallest absolute Gasteiger partial charge is 0.227 e. The number of aromatic nitrogens is 1. The molecule has 1 heterocycles. The number of aryl methyl sites for hydroxylation is 1. The zero-order chi connectivity index (χ0) is 22.4. The highest BCUT2D eigenvalue weighted by Gasteiger charge is 2.11. The van der Waals surface area contributed by atoms with Crippen LogP contribution in [0.2, 0.25) is 0 Å². The molecule has 2 aromatic rings. The van der Waals surface area contributed by atoms with Crippen LogP contribution in [0.15, 0.2) is 58.3 Å². The fourth-order valence-electron chi connectivity index (χ4n) is 3.15. The number of likely N-dealkylation sites (N-methyl/N-ethyl adjacent to an activating group) is 1. The second-order valence-corrected chi connectivity index (χ2v) is 8.05. The third-order valence-corrected chi connectivity index (χ3v) is 5.37. The number of hydrogen-bond donors (Lipinski definition) is 2. The molecule has 0 spiro atoms. The van der Waals surface area contributed by atoms with E-state index in [1.165, 1.54) is 0 Å². The van der Waals surface area contributed by atoms with Crippen molar-refractivity contribution in [2.24, 2.45) is 0 Å². The van der Waals surface area contributed by atoms with Gasteiger partial charge in [0.25, 0.3) is 0 Å². The minimum absolute atomic E-state index is 0.0638. The van der Waals surface area contributed by atoms with Gasteiger partial charge in [-0.05, 0) is 55.3 Å². The molecular weight excluding hydrogens is 437 g/mol. The maximum Gasteiger partial charge on any atom is 0.227 e. The number of aliphatic hydroxyl groups is 1. The van der Waals surface area contributed by atoms with Crippen molar-refractivity contribution in [2.45, 2.75) is 19.8 Å². The lowest BCUT2D eigenvalue weighted by atomic mass is 10.1. The highest BCUT2D eigenvalue weighted by atomic mass is 35.5. The van der Waals surface area contributed by atoms with Crippen LogP contribution in [-0.4, -0.2) is 42.8 Å². The number of nitrogens with one attached hydrogen (secondary N) is 1. The third kappa shape index (κ3) is 6.23. The van der Waals surface area contributed by atoms with E-state index >= 15 is 0 Å². The van der Waals surface area contributed by atoms with Gasteiger partial charge in [-0.2, -0.15) is 0 Å². The molecule has 1 aromatic carbocycles. The largest absolute Gasteiger partial charge is 0.492 e. The van der Waals surface area contributed by atoms with Crippen LogP contribution < -0.4 is 10.2 Å². The number of anilines is 2. The Morgan fingerprint density at radius 3 is 2.87 bits per heavy atom. The number of rotatable bonds is 8. The van der Waals surface area contributed by atoms with Crippen molar-refractivity contribution in [1.29, 1.82) is 0 Å². The van der Waals surface area contributed by atoms with Crippen LogP contribution in [0.3, 0.4) is 0 Å². The van der Waals surface area contributed by atoms with Crippen LogP contribution in [0, 0.1) is 6.92 Å². The SMILES string of the molecule is Cc1cc(N(C)CCO)nc2ccc(NC(=O)CCOC3=CCC=C(Cl)C=C3Cl)cc12. The van der Waals surface area contributed by atoms with E-state index in [1.54, 1.807) is 6.08 Å². The normalized spacial score (nSPS) is 13.8. The molecule has 3 rings (SSSR count). The molecule has 0 aliphatic heterocycles. The van der Waals surface area contributed by atoms with Gasteiger partial charge in [-0.25, -0.2) is 4.98 Å². The molecule has 1 amide bonds. The molecule has 0 saturated heterocycles. The molecule has 8 heteroatoms. The number of benzene rings is 1. The van der Waals surface area contributed by atoms with Gasteiger partial charge in [0.1, 0.15) is 11.6 Å². The van der Waals surface area contributed by atoms with Gasteiger partial charge < -0.3 is 20.1 Å². The number of hydrogen-bond acceptors (Lipinski definition) is 5. The molecule has 0 saturated carbocycles. The van der Waals surface area contributed by atoms with Crippen LogP contribution in [0.25, 0.3) is 10.9 Å². The van der Waals surface area contributed by atoms with Crippen molar-refractivity contribution in [3.05, 3.63) is 63.9 Å². The van der Waals surface area contributed by atoms with E-state index in [0.717, 1.165) is 22.3 Å². The Bertz CT molecular complexity index is 1060. The van der Waals surface area contributed by atoms with Gasteiger partial charge in [-0.3, -0.25) is 4.79 Å². The summed E-state index contributed by atoms with van der Waals surface area (Å²) in [5.74, 6) is 1.16. The molecule has 2 N–H and O–H groups in total. The molecule has 0 unspecified atom stereocenters. The maximum atomic E-state index is 12.4. The number of halogens is 2. The first-order chi connectivity index (χ1) is 14.9. The van der Waals surface area contributed by atoms with Gasteiger partial charge >= 0.3 is 0 Å². The standard InChI is InChI=1S/C23H25Cl2N3O3/c1-15-12-22(28(2)9-10-29)27-20-7-6-17(14-18(15)20)26-23(30)8-11-31-21-5-3-4-16(24)13-19(21)25/h4-7,12-14,29H,3,8-11H2,1-2H3,(H,26,30). The molecule has 0 fully saturated rings. The zero-order valence-corrected chi connectivity index (χ0v) is 19.0. The topological polar surface area (TPSA) is 74.7 Å². The average molecular weight is 462 g/mol. The minimum atomic E-state index is -0.158. The van der Waals surface area contributed by atoms with Crippen molar-refractivity contribution >= 4 is 51.5 Å². The number of carbonyl (C=O) groups excluding carboxylic acids is 1. The summed E-state index contributed by atoms with van der Waals surface area (Å²) in [4.78, 5) is 18.9. The van der Waals surface area contributed by atoms with E-state index in [9.17, 15) is 4.79 Å². The lowest BCUT2D eigenvalue weighted by Gasteiger charge is -2.18. The summed E-state index contributed by atoms with van der Waals surface area (Å²) in [5.41, 5.74) is 2.56. The van der Waals surface area contributed by atoms with Gasteiger partial charge in [-0.1, -0.05) is 29.3 Å². The highest BCUT2D eigenvalue weighted by Crippen LogP contribution is 2.26. The van der Waals surface area contributed by atoms with Crippen LogP contribution in [0.4, 0.5) is 11.5 Å². The Kier molecular flexibility index (Phi) is 7.96. The first-order valence-electron chi connectivity index (χ1n) is 9.97. The second kappa shape index (κ2) is 10.7. The summed E-state index contributed by atoms with van der Waals surface area (Å²) >= 11 is 12.1. The van der Waals surface area contributed by atoms with E-state index in [1.807, 2.05) is 55.3 Å². The van der Waals surface area contributed by atoms with Gasteiger partial charge in [0, 0.05) is 29.7 Å². The highest BCUT2D eigenvalue weighted by molar-refractivity contribution is 6.35. The Morgan fingerprint density at radius 2 is 2.10 bits per heavy atom. The van der Waals surface area contributed by atoms with Crippen molar-refractivity contribution in [3.63, 3.8) is 0 Å². The number of nitrogens with zero attached hydrogens (tertiary/aromatic N) is 2. The summed E-state index contributed by atoms with van der Waals surface area (Å²) in [6, 6.07) is 7.58. The Morgan fingerprint density at radius 1 is 1.29 bits per heavy atom. The molecule has 31 heavy (non-hydrogen) atoms. The minimum Gasteiger partial charge on any atom is -0.492 e. The number of amides is 1. The van der Waals surface area contributed by atoms with Gasteiger partial charge in [-0.15, -0.1) is 0 Å². The number of pyridine rings is 1. The van der Waals surface area contributed by atoms with Crippen LogP contribution in [-0.2, 0) is 9.53 Å². The Hall–Kier alpha value is -2.54. The molecule has 1 aromatic heterocycles. The summed E-state index contributed by atoms with van der Waals surface area (Å²) in [6.07, 6.45) is 6.09. The lowest BCUT2D eigenvalue weighted by molar-refractivity contribution is -0.116. The molecule has 164 valence electrons. The fraction of sp³-hybridized carbons (Fsp3) is 0.304. The maximum absolute atomic E-state index is 12.4. The first-order valence-corrected chi connectivity index (χ1v) is 10.7. The number of aliphatic hydroxyl groups excluding tert-OH is 1. The monoisotopic (exact) mass is 461 g/mol. The summed E-state index contributed by atoms with van der Waals surface area (Å²) < 4.78 is 5.65. The Labute approximate surface area is 191 Å². The molecule has 1 aliphatic carbocycles. The predicted octanol–water partition coefficient (Wildman–Crippen LogP) is 4.85. The zero-order valence-electron chi connectivity index (χ0n) is 17.5. The molecule has 0 atom stereocenters. The van der Waals surface area contributed by atoms with Gasteiger partial charge in [0.2, 0.25) is 5.91 Å². The quantitative estimate of drug-likeness (QED) is 0.587. The van der Waals surface area contributed by atoms with E-state index in [4.69, 9.17) is 33.0 Å². The lowest BCUT2D eigenvalue weighted by Crippen LogP contribution is -2.22. The van der Waals surface area contributed by atoms with Crippen LogP contribution >= 0.6 is 23.2 Å². The van der Waals surface area contributed by atoms with Crippen molar-refractivity contribution < 1.29 is 14.6 Å². The molecule has 1 aliphatic rings. The summed E-state index contributed by atoms with van der Waals surface area (Å²) in [6.45, 7) is 2.77. The van der Waals surface area contributed by atoms with Crippen molar-refractivity contribution in [3.8, 4) is 0 Å². The van der Waals surface area contributed by atoms with Gasteiger partial charge in [0.05, 0.1) is 30.2 Å². The number of ether oxygens (including phenoxy) is 1. The van der Waals surface area contributed by atoms with Crippen LogP contribution in [0.1, 0.15) is 18.4 Å². The van der Waals surface area contributed by atoms with E-state index < -0.39 is 0 Å². The van der Waals surface area contributed by atoms with Crippen molar-refractivity contribution in [1.82, 2.24) is 4.98 Å². The first kappa shape index (κ1) is 23.1. The summed E-state index contributed by atoms with van der Waals surface area (Å²) in [7, 11) is 1.89. The molecule has 0 bridgehead atoms. The second-order valence-electron chi connectivity index (χ2n) is 7.21.